The molecule has 0 aromatic heterocycles. The molecule has 0 heterocycles. The monoisotopic (exact) mass is 425 g/mol. The van der Waals surface area contributed by atoms with Gasteiger partial charge in [0.05, 0.1) is 11.4 Å². The van der Waals surface area contributed by atoms with E-state index in [0.29, 0.717) is 5.69 Å². The molecule has 10 nitrogen and oxygen atoms in total. The van der Waals surface area contributed by atoms with Gasteiger partial charge >= 0.3 is 0 Å². The third kappa shape index (κ3) is 3.66. The lowest BCUT2D eigenvalue weighted by atomic mass is 10.1. The maximum Gasteiger partial charge on any atom is 0.296 e. The van der Waals surface area contributed by atoms with E-state index in [1.165, 1.54) is 30.3 Å². The zero-order valence-corrected chi connectivity index (χ0v) is 15.6. The Kier molecular flexibility index (Phi) is 4.59. The van der Waals surface area contributed by atoms with Gasteiger partial charge in [-0.2, -0.15) is 16.8 Å². The van der Waals surface area contributed by atoms with Crippen LogP contribution in [0.15, 0.2) is 52.3 Å². The summed E-state index contributed by atoms with van der Waals surface area (Å²) in [6.07, 6.45) is 0. The normalized spacial score (nSPS) is 12.2. The molecule has 148 valence electrons. The van der Waals surface area contributed by atoms with Crippen molar-refractivity contribution in [3.8, 4) is 5.75 Å². The standard InChI is InChI=1S/C16H15N3O7S2/c17-12-4-2-10(7-13(12)27(21,22)23)19-9-1-3-11-8(5-9)6-14(28(24,25)26)15(18)16(11)20/h1-7,19-20H,17-18H2,(H,21,22,23)(H,24,25,26). The predicted octanol–water partition coefficient (Wildman–Crippen LogP) is 1.95. The summed E-state index contributed by atoms with van der Waals surface area (Å²) in [4.78, 5) is -1.12. The van der Waals surface area contributed by atoms with Gasteiger partial charge in [0.2, 0.25) is 0 Å². The lowest BCUT2D eigenvalue weighted by Gasteiger charge is -2.12. The molecular weight excluding hydrogens is 410 g/mol. The molecule has 0 amide bonds. The molecule has 0 radical (unpaired) electrons. The lowest BCUT2D eigenvalue weighted by molar-refractivity contribution is 0.473. The maximum absolute atomic E-state index is 11.4. The van der Waals surface area contributed by atoms with Gasteiger partial charge in [-0.05, 0) is 47.9 Å². The number of fused-ring (bicyclic) bond motifs is 1. The first-order valence-electron chi connectivity index (χ1n) is 7.54. The van der Waals surface area contributed by atoms with Gasteiger partial charge in [-0.25, -0.2) is 0 Å². The zero-order valence-electron chi connectivity index (χ0n) is 14.0. The first kappa shape index (κ1) is 19.7. The Bertz CT molecular complexity index is 1320. The van der Waals surface area contributed by atoms with E-state index in [0.717, 1.165) is 12.1 Å². The molecule has 0 unspecified atom stereocenters. The molecule has 3 aromatic carbocycles. The van der Waals surface area contributed by atoms with E-state index in [4.69, 9.17) is 11.5 Å². The van der Waals surface area contributed by atoms with Crippen molar-refractivity contribution in [1.29, 1.82) is 0 Å². The molecule has 28 heavy (non-hydrogen) atoms. The van der Waals surface area contributed by atoms with Crippen molar-refractivity contribution in [3.63, 3.8) is 0 Å². The molecule has 0 aliphatic heterocycles. The van der Waals surface area contributed by atoms with Crippen molar-refractivity contribution in [2.45, 2.75) is 9.79 Å². The number of nitrogens with one attached hydrogen (secondary N) is 1. The van der Waals surface area contributed by atoms with Crippen LogP contribution in [0.1, 0.15) is 0 Å². The van der Waals surface area contributed by atoms with Gasteiger partial charge in [0.1, 0.15) is 15.5 Å². The van der Waals surface area contributed by atoms with Crippen LogP contribution in [-0.4, -0.2) is 31.0 Å². The second-order valence-corrected chi connectivity index (χ2v) is 8.68. The van der Waals surface area contributed by atoms with Crippen molar-refractivity contribution in [2.75, 3.05) is 16.8 Å². The Labute approximate surface area is 159 Å². The van der Waals surface area contributed by atoms with E-state index in [2.05, 4.69) is 5.32 Å². The van der Waals surface area contributed by atoms with Crippen LogP contribution in [0.3, 0.4) is 0 Å². The lowest BCUT2D eigenvalue weighted by Crippen LogP contribution is -2.04. The van der Waals surface area contributed by atoms with E-state index < -0.39 is 41.5 Å². The van der Waals surface area contributed by atoms with Gasteiger partial charge in [0, 0.05) is 16.8 Å². The van der Waals surface area contributed by atoms with Gasteiger partial charge in [0.25, 0.3) is 20.2 Å². The maximum atomic E-state index is 11.4. The van der Waals surface area contributed by atoms with Crippen LogP contribution >= 0.6 is 0 Å². The van der Waals surface area contributed by atoms with E-state index in [-0.39, 0.29) is 22.1 Å². The van der Waals surface area contributed by atoms with Crippen molar-refractivity contribution >= 4 is 53.8 Å². The summed E-state index contributed by atoms with van der Waals surface area (Å²) in [5.41, 5.74) is 11.2. The molecule has 0 aliphatic carbocycles. The fourth-order valence-electron chi connectivity index (χ4n) is 2.67. The third-order valence-electron chi connectivity index (χ3n) is 3.97. The summed E-state index contributed by atoms with van der Waals surface area (Å²) in [7, 11) is -9.18. The molecule has 8 N–H and O–H groups in total. The minimum atomic E-state index is -4.66. The fourth-order valence-corrected chi connectivity index (χ4v) is 3.96. The van der Waals surface area contributed by atoms with E-state index in [1.54, 1.807) is 0 Å². The fraction of sp³-hybridized carbons (Fsp3) is 0. The van der Waals surface area contributed by atoms with Crippen molar-refractivity contribution < 1.29 is 31.0 Å². The van der Waals surface area contributed by atoms with Crippen LogP contribution in [0.25, 0.3) is 10.8 Å². The molecule has 0 aliphatic rings. The molecule has 3 rings (SSSR count). The quantitative estimate of drug-likeness (QED) is 0.204. The molecular formula is C16H15N3O7S2. The number of nitrogen functional groups attached to an aromatic ring is 2. The molecule has 12 heteroatoms. The van der Waals surface area contributed by atoms with Crippen LogP contribution in [0.4, 0.5) is 22.7 Å². The van der Waals surface area contributed by atoms with Crippen LogP contribution < -0.4 is 16.8 Å². The average molecular weight is 425 g/mol. The highest BCUT2D eigenvalue weighted by Gasteiger charge is 2.20. The second-order valence-electron chi connectivity index (χ2n) is 5.90. The summed E-state index contributed by atoms with van der Waals surface area (Å²) in [5.74, 6) is -0.502. The van der Waals surface area contributed by atoms with Gasteiger partial charge in [0.15, 0.2) is 0 Å². The van der Waals surface area contributed by atoms with Crippen LogP contribution in [0.5, 0.6) is 5.75 Å². The Morgan fingerprint density at radius 3 is 1.96 bits per heavy atom. The van der Waals surface area contributed by atoms with E-state index in [1.807, 2.05) is 0 Å². The number of phenolic OH excluding ortho intramolecular Hbond substituents is 1. The highest BCUT2D eigenvalue weighted by Crippen LogP contribution is 2.37. The Hall–Kier alpha value is -3.06. The molecule has 0 saturated heterocycles. The summed E-state index contributed by atoms with van der Waals surface area (Å²) >= 11 is 0. The largest absolute Gasteiger partial charge is 0.505 e. The average Bonchev–Trinajstić information content (AvgIpc) is 2.57. The van der Waals surface area contributed by atoms with Gasteiger partial charge in [-0.3, -0.25) is 9.11 Å². The first-order valence-corrected chi connectivity index (χ1v) is 10.4. The number of nitrogens with two attached hydrogens (primary N) is 2. The minimum absolute atomic E-state index is 0.134. The van der Waals surface area contributed by atoms with Gasteiger partial charge < -0.3 is 21.9 Å². The highest BCUT2D eigenvalue weighted by molar-refractivity contribution is 7.86. The molecule has 0 bridgehead atoms. The molecule has 0 spiro atoms. The number of hydrogen-bond donors (Lipinski definition) is 6. The number of aromatic hydroxyl groups is 1. The molecule has 0 fully saturated rings. The Morgan fingerprint density at radius 2 is 1.36 bits per heavy atom. The van der Waals surface area contributed by atoms with Crippen LogP contribution in [0.2, 0.25) is 0 Å². The van der Waals surface area contributed by atoms with E-state index >= 15 is 0 Å². The molecule has 3 aromatic rings. The second kappa shape index (κ2) is 6.53. The summed E-state index contributed by atoms with van der Waals surface area (Å²) in [5, 5.41) is 13.5. The highest BCUT2D eigenvalue weighted by atomic mass is 32.2. The van der Waals surface area contributed by atoms with Crippen molar-refractivity contribution in [2.24, 2.45) is 0 Å². The van der Waals surface area contributed by atoms with Crippen molar-refractivity contribution in [3.05, 3.63) is 42.5 Å². The predicted molar refractivity (Wildman–Crippen MR) is 104 cm³/mol. The summed E-state index contributed by atoms with van der Waals surface area (Å²) < 4.78 is 64.1. The topological polar surface area (TPSA) is 193 Å². The Balaban J connectivity index is 2.10. The number of anilines is 4. The molecule has 0 saturated carbocycles. The number of benzene rings is 3. The van der Waals surface area contributed by atoms with Crippen LogP contribution in [0, 0.1) is 0 Å². The number of hydrogen-bond acceptors (Lipinski definition) is 8. The van der Waals surface area contributed by atoms with Gasteiger partial charge in [-0.15, -0.1) is 0 Å². The van der Waals surface area contributed by atoms with Gasteiger partial charge in [-0.1, -0.05) is 0 Å². The number of rotatable bonds is 4. The number of phenols is 1. The minimum Gasteiger partial charge on any atom is -0.505 e. The third-order valence-corrected chi connectivity index (χ3v) is 5.77. The SMILES string of the molecule is Nc1ccc(Nc2ccc3c(O)c(N)c(S(=O)(=O)O)cc3c2)cc1S(=O)(=O)O. The van der Waals surface area contributed by atoms with Crippen molar-refractivity contribution in [1.82, 2.24) is 0 Å². The summed E-state index contributed by atoms with van der Waals surface area (Å²) in [6.45, 7) is 0. The van der Waals surface area contributed by atoms with Crippen LogP contribution in [-0.2, 0) is 20.2 Å². The Morgan fingerprint density at radius 1 is 0.786 bits per heavy atom. The zero-order chi connectivity index (χ0) is 20.9. The molecule has 0 atom stereocenters. The smallest absolute Gasteiger partial charge is 0.296 e. The first-order chi connectivity index (χ1) is 12.9. The van der Waals surface area contributed by atoms with E-state index in [9.17, 15) is 31.0 Å². The summed E-state index contributed by atoms with van der Waals surface area (Å²) in [6, 6.07) is 9.41.